The lowest BCUT2D eigenvalue weighted by atomic mass is 10.0. The van der Waals surface area contributed by atoms with Gasteiger partial charge in [-0.25, -0.2) is 0 Å². The van der Waals surface area contributed by atoms with Gasteiger partial charge in [0, 0.05) is 5.56 Å². The highest BCUT2D eigenvalue weighted by atomic mass is 16.6. The Hall–Kier alpha value is -1.94. The van der Waals surface area contributed by atoms with Gasteiger partial charge in [-0.3, -0.25) is 0 Å². The lowest BCUT2D eigenvalue weighted by molar-refractivity contribution is 0.169. The minimum absolute atomic E-state index is 0.332. The lowest BCUT2D eigenvalue weighted by Gasteiger charge is -2.22. The van der Waals surface area contributed by atoms with Crippen molar-refractivity contribution in [1.29, 1.82) is 0 Å². The van der Waals surface area contributed by atoms with Crippen molar-refractivity contribution in [2.24, 2.45) is 5.73 Å². The first-order valence-electron chi connectivity index (χ1n) is 5.54. The van der Waals surface area contributed by atoms with Gasteiger partial charge < -0.3 is 19.6 Å². The van der Waals surface area contributed by atoms with Gasteiger partial charge in [-0.15, -0.1) is 0 Å². The second-order valence-corrected chi connectivity index (χ2v) is 3.86. The SMILES string of the molecule is NC(c1ccco1)c1cccc2c1OCCO2. The molecule has 2 heterocycles. The summed E-state index contributed by atoms with van der Waals surface area (Å²) in [6, 6.07) is 9.07. The highest BCUT2D eigenvalue weighted by molar-refractivity contribution is 5.50. The molecule has 0 radical (unpaired) electrons. The van der Waals surface area contributed by atoms with Gasteiger partial charge in [0.2, 0.25) is 0 Å². The van der Waals surface area contributed by atoms with Crippen LogP contribution >= 0.6 is 0 Å². The fourth-order valence-corrected chi connectivity index (χ4v) is 1.96. The summed E-state index contributed by atoms with van der Waals surface area (Å²) in [4.78, 5) is 0. The van der Waals surface area contributed by atoms with Crippen LogP contribution in [0.5, 0.6) is 11.5 Å². The number of benzene rings is 1. The number of fused-ring (bicyclic) bond motifs is 1. The van der Waals surface area contributed by atoms with Gasteiger partial charge in [0.1, 0.15) is 19.0 Å². The Bertz CT molecular complexity index is 507. The van der Waals surface area contributed by atoms with Gasteiger partial charge in [0.05, 0.1) is 12.3 Å². The molecule has 4 nitrogen and oxygen atoms in total. The van der Waals surface area contributed by atoms with Crippen molar-refractivity contribution in [3.63, 3.8) is 0 Å². The number of furan rings is 1. The fourth-order valence-electron chi connectivity index (χ4n) is 1.96. The molecule has 1 aliphatic rings. The smallest absolute Gasteiger partial charge is 0.166 e. The van der Waals surface area contributed by atoms with Gasteiger partial charge in [0.15, 0.2) is 11.5 Å². The van der Waals surface area contributed by atoms with E-state index in [9.17, 15) is 0 Å². The summed E-state index contributed by atoms with van der Waals surface area (Å²) in [7, 11) is 0. The van der Waals surface area contributed by atoms with E-state index in [1.54, 1.807) is 6.26 Å². The molecule has 1 aromatic carbocycles. The number of ether oxygens (including phenoxy) is 2. The first-order valence-corrected chi connectivity index (χ1v) is 5.54. The number of para-hydroxylation sites is 1. The van der Waals surface area contributed by atoms with Gasteiger partial charge >= 0.3 is 0 Å². The zero-order valence-electron chi connectivity index (χ0n) is 9.26. The molecular formula is C13H13NO3. The van der Waals surface area contributed by atoms with Crippen molar-refractivity contribution in [3.8, 4) is 11.5 Å². The lowest BCUT2D eigenvalue weighted by Crippen LogP contribution is -2.19. The monoisotopic (exact) mass is 231 g/mol. The zero-order valence-corrected chi connectivity index (χ0v) is 9.26. The summed E-state index contributed by atoms with van der Waals surface area (Å²) in [6.07, 6.45) is 1.61. The molecule has 1 atom stereocenters. The van der Waals surface area contributed by atoms with Gasteiger partial charge in [-0.2, -0.15) is 0 Å². The molecule has 0 amide bonds. The highest BCUT2D eigenvalue weighted by Crippen LogP contribution is 2.38. The second kappa shape index (κ2) is 4.14. The van der Waals surface area contributed by atoms with Crippen LogP contribution in [-0.2, 0) is 0 Å². The molecule has 0 saturated carbocycles. The molecule has 1 aliphatic heterocycles. The van der Waals surface area contributed by atoms with E-state index in [-0.39, 0.29) is 6.04 Å². The first kappa shape index (κ1) is 10.2. The molecular weight excluding hydrogens is 218 g/mol. The predicted octanol–water partition coefficient (Wildman–Crippen LogP) is 2.10. The molecule has 0 bridgehead atoms. The molecule has 17 heavy (non-hydrogen) atoms. The summed E-state index contributed by atoms with van der Waals surface area (Å²) in [5, 5.41) is 0. The molecule has 2 N–H and O–H groups in total. The third-order valence-corrected chi connectivity index (χ3v) is 2.78. The summed E-state index contributed by atoms with van der Waals surface area (Å²) in [5.74, 6) is 2.19. The molecule has 1 unspecified atom stereocenters. The molecule has 0 spiro atoms. The normalized spacial score (nSPS) is 15.6. The van der Waals surface area contributed by atoms with Crippen LogP contribution in [0.15, 0.2) is 41.0 Å². The van der Waals surface area contributed by atoms with Crippen molar-refractivity contribution in [3.05, 3.63) is 47.9 Å². The predicted molar refractivity (Wildman–Crippen MR) is 62.2 cm³/mol. The first-order chi connectivity index (χ1) is 8.36. The van der Waals surface area contributed by atoms with Crippen LogP contribution in [0.3, 0.4) is 0 Å². The minimum atomic E-state index is -0.332. The van der Waals surface area contributed by atoms with E-state index in [2.05, 4.69) is 0 Å². The maximum atomic E-state index is 6.16. The Balaban J connectivity index is 2.03. The van der Waals surface area contributed by atoms with Crippen LogP contribution in [0.25, 0.3) is 0 Å². The molecule has 4 heteroatoms. The van der Waals surface area contributed by atoms with E-state index in [1.165, 1.54) is 0 Å². The third-order valence-electron chi connectivity index (χ3n) is 2.78. The van der Waals surface area contributed by atoms with Crippen LogP contribution in [0.1, 0.15) is 17.4 Å². The number of nitrogens with two attached hydrogens (primary N) is 1. The molecule has 0 saturated heterocycles. The van der Waals surface area contributed by atoms with Crippen molar-refractivity contribution >= 4 is 0 Å². The zero-order chi connectivity index (χ0) is 11.7. The van der Waals surface area contributed by atoms with E-state index in [4.69, 9.17) is 19.6 Å². The van der Waals surface area contributed by atoms with Crippen LogP contribution in [0.4, 0.5) is 0 Å². The summed E-state index contributed by atoms with van der Waals surface area (Å²) in [5.41, 5.74) is 7.04. The second-order valence-electron chi connectivity index (χ2n) is 3.86. The quantitative estimate of drug-likeness (QED) is 0.859. The van der Waals surface area contributed by atoms with E-state index in [1.807, 2.05) is 30.3 Å². The van der Waals surface area contributed by atoms with Crippen LogP contribution in [-0.4, -0.2) is 13.2 Å². The Kier molecular flexibility index (Phi) is 2.49. The average Bonchev–Trinajstić information content (AvgIpc) is 2.91. The minimum Gasteiger partial charge on any atom is -0.486 e. The average molecular weight is 231 g/mol. The summed E-state index contributed by atoms with van der Waals surface area (Å²) >= 11 is 0. The molecule has 0 aliphatic carbocycles. The number of hydrogen-bond acceptors (Lipinski definition) is 4. The van der Waals surface area contributed by atoms with E-state index in [0.29, 0.717) is 19.0 Å². The fraction of sp³-hybridized carbons (Fsp3) is 0.231. The van der Waals surface area contributed by atoms with Gasteiger partial charge in [0.25, 0.3) is 0 Å². The van der Waals surface area contributed by atoms with Gasteiger partial charge in [-0.05, 0) is 18.2 Å². The van der Waals surface area contributed by atoms with Crippen molar-refractivity contribution < 1.29 is 13.9 Å². The number of hydrogen-bond donors (Lipinski definition) is 1. The van der Waals surface area contributed by atoms with Crippen molar-refractivity contribution in [1.82, 2.24) is 0 Å². The van der Waals surface area contributed by atoms with E-state index >= 15 is 0 Å². The molecule has 88 valence electrons. The summed E-state index contributed by atoms with van der Waals surface area (Å²) in [6.45, 7) is 1.13. The topological polar surface area (TPSA) is 57.6 Å². The van der Waals surface area contributed by atoms with Crippen LogP contribution in [0.2, 0.25) is 0 Å². The highest BCUT2D eigenvalue weighted by Gasteiger charge is 2.21. The molecule has 2 aromatic rings. The molecule has 1 aromatic heterocycles. The molecule has 0 fully saturated rings. The third kappa shape index (κ3) is 1.76. The Labute approximate surface area is 98.9 Å². The summed E-state index contributed by atoms with van der Waals surface area (Å²) < 4.78 is 16.5. The van der Waals surface area contributed by atoms with Crippen LogP contribution < -0.4 is 15.2 Å². The Morgan fingerprint density at radius 1 is 1.06 bits per heavy atom. The number of rotatable bonds is 2. The van der Waals surface area contributed by atoms with Crippen LogP contribution in [0, 0.1) is 0 Å². The van der Waals surface area contributed by atoms with Gasteiger partial charge in [-0.1, -0.05) is 12.1 Å². The van der Waals surface area contributed by atoms with E-state index in [0.717, 1.165) is 17.1 Å². The van der Waals surface area contributed by atoms with Crippen molar-refractivity contribution in [2.75, 3.05) is 13.2 Å². The molecule has 3 rings (SSSR count). The van der Waals surface area contributed by atoms with Crippen molar-refractivity contribution in [2.45, 2.75) is 6.04 Å². The largest absolute Gasteiger partial charge is 0.486 e. The maximum Gasteiger partial charge on any atom is 0.166 e. The Morgan fingerprint density at radius 3 is 2.76 bits per heavy atom. The standard InChI is InChI=1S/C13H13NO3/c14-12(10-5-2-6-15-10)9-3-1-4-11-13(9)17-8-7-16-11/h1-6,12H,7-8,14H2. The Morgan fingerprint density at radius 2 is 1.94 bits per heavy atom. The maximum absolute atomic E-state index is 6.16. The van der Waals surface area contributed by atoms with E-state index < -0.39 is 0 Å².